The Labute approximate surface area is 115 Å². The lowest BCUT2D eigenvalue weighted by molar-refractivity contribution is 0.392. The molecule has 0 saturated heterocycles. The normalized spacial score (nSPS) is 11.8. The van der Waals surface area contributed by atoms with Crippen LogP contribution in [0.5, 0.6) is 5.75 Å². The van der Waals surface area contributed by atoms with E-state index in [9.17, 15) is 8.42 Å². The van der Waals surface area contributed by atoms with Gasteiger partial charge in [0.15, 0.2) is 0 Å². The summed E-state index contributed by atoms with van der Waals surface area (Å²) in [4.78, 5) is 0.188. The number of methoxy groups -OCH3 is 1. The standard InChI is InChI=1S/C13H22N2O3S/c1-4-8-15(5-2)19(16,17)13-9-11(10-14)6-7-12(13)18-3/h6-7,9H,4-5,8,10,14H2,1-3H3. The van der Waals surface area contributed by atoms with Crippen molar-refractivity contribution < 1.29 is 13.2 Å². The van der Waals surface area contributed by atoms with Gasteiger partial charge in [-0.1, -0.05) is 19.9 Å². The first-order valence-electron chi connectivity index (χ1n) is 6.38. The van der Waals surface area contributed by atoms with E-state index in [1.807, 2.05) is 13.8 Å². The molecule has 0 aliphatic rings. The summed E-state index contributed by atoms with van der Waals surface area (Å²) in [6, 6.07) is 5.01. The van der Waals surface area contributed by atoms with Crippen LogP contribution in [0.15, 0.2) is 23.1 Å². The number of hydrogen-bond acceptors (Lipinski definition) is 4. The molecule has 108 valence electrons. The van der Waals surface area contributed by atoms with Crippen LogP contribution in [0.1, 0.15) is 25.8 Å². The molecule has 0 radical (unpaired) electrons. The summed E-state index contributed by atoms with van der Waals surface area (Å²) in [5.41, 5.74) is 6.34. The molecular weight excluding hydrogens is 264 g/mol. The minimum atomic E-state index is -3.54. The van der Waals surface area contributed by atoms with E-state index in [0.717, 1.165) is 12.0 Å². The first kappa shape index (κ1) is 15.9. The van der Waals surface area contributed by atoms with Gasteiger partial charge in [0.2, 0.25) is 10.0 Å². The van der Waals surface area contributed by atoms with Crippen LogP contribution in [0, 0.1) is 0 Å². The molecule has 1 aromatic rings. The number of ether oxygens (including phenoxy) is 1. The fourth-order valence-electron chi connectivity index (χ4n) is 1.89. The van der Waals surface area contributed by atoms with E-state index in [-0.39, 0.29) is 4.90 Å². The van der Waals surface area contributed by atoms with Crippen LogP contribution in [-0.2, 0) is 16.6 Å². The largest absolute Gasteiger partial charge is 0.495 e. The first-order valence-corrected chi connectivity index (χ1v) is 7.82. The average molecular weight is 286 g/mol. The highest BCUT2D eigenvalue weighted by atomic mass is 32.2. The highest BCUT2D eigenvalue weighted by Crippen LogP contribution is 2.27. The quantitative estimate of drug-likeness (QED) is 0.826. The lowest BCUT2D eigenvalue weighted by Gasteiger charge is -2.21. The molecule has 0 heterocycles. The number of nitrogens with two attached hydrogens (primary N) is 1. The third-order valence-corrected chi connectivity index (χ3v) is 4.90. The van der Waals surface area contributed by atoms with Crippen molar-refractivity contribution in [1.29, 1.82) is 0 Å². The van der Waals surface area contributed by atoms with Crippen LogP contribution in [0.4, 0.5) is 0 Å². The van der Waals surface area contributed by atoms with Gasteiger partial charge in [0.1, 0.15) is 10.6 Å². The zero-order valence-corrected chi connectivity index (χ0v) is 12.5. The Balaban J connectivity index is 3.32. The number of rotatable bonds is 7. The van der Waals surface area contributed by atoms with Crippen LogP contribution in [0.2, 0.25) is 0 Å². The van der Waals surface area contributed by atoms with Gasteiger partial charge in [0, 0.05) is 19.6 Å². The fourth-order valence-corrected chi connectivity index (χ4v) is 3.63. The summed E-state index contributed by atoms with van der Waals surface area (Å²) < 4.78 is 31.8. The van der Waals surface area contributed by atoms with Crippen molar-refractivity contribution in [3.63, 3.8) is 0 Å². The molecule has 0 saturated carbocycles. The van der Waals surface area contributed by atoms with Crippen molar-refractivity contribution in [2.24, 2.45) is 5.73 Å². The molecule has 0 atom stereocenters. The Hall–Kier alpha value is -1.11. The second-order valence-electron chi connectivity index (χ2n) is 4.19. The first-order chi connectivity index (χ1) is 9.01. The summed E-state index contributed by atoms with van der Waals surface area (Å²) in [6.45, 7) is 5.01. The molecule has 0 aliphatic heterocycles. The van der Waals surface area contributed by atoms with Gasteiger partial charge in [-0.25, -0.2) is 8.42 Å². The topological polar surface area (TPSA) is 72.6 Å². The summed E-state index contributed by atoms with van der Waals surface area (Å²) in [7, 11) is -2.07. The van der Waals surface area contributed by atoms with Gasteiger partial charge in [-0.3, -0.25) is 0 Å². The Morgan fingerprint density at radius 2 is 2.00 bits per heavy atom. The van der Waals surface area contributed by atoms with Crippen molar-refractivity contribution in [3.05, 3.63) is 23.8 Å². The summed E-state index contributed by atoms with van der Waals surface area (Å²) >= 11 is 0. The third-order valence-electron chi connectivity index (χ3n) is 2.91. The van der Waals surface area contributed by atoms with E-state index >= 15 is 0 Å². The number of nitrogens with zero attached hydrogens (tertiary/aromatic N) is 1. The molecule has 0 bridgehead atoms. The second-order valence-corrected chi connectivity index (χ2v) is 6.09. The van der Waals surface area contributed by atoms with Gasteiger partial charge in [0.25, 0.3) is 0 Å². The van der Waals surface area contributed by atoms with Crippen molar-refractivity contribution in [3.8, 4) is 5.75 Å². The Morgan fingerprint density at radius 3 is 2.47 bits per heavy atom. The number of benzene rings is 1. The molecule has 5 nitrogen and oxygen atoms in total. The number of hydrogen-bond donors (Lipinski definition) is 1. The summed E-state index contributed by atoms with van der Waals surface area (Å²) in [6.07, 6.45) is 0.770. The molecular formula is C13H22N2O3S. The Bertz CT molecular complexity index is 515. The molecule has 0 spiro atoms. The van der Waals surface area contributed by atoms with Crippen LogP contribution < -0.4 is 10.5 Å². The molecule has 6 heteroatoms. The van der Waals surface area contributed by atoms with E-state index in [4.69, 9.17) is 10.5 Å². The van der Waals surface area contributed by atoms with Gasteiger partial charge >= 0.3 is 0 Å². The summed E-state index contributed by atoms with van der Waals surface area (Å²) in [5.74, 6) is 0.353. The van der Waals surface area contributed by atoms with E-state index in [2.05, 4.69) is 0 Å². The van der Waals surface area contributed by atoms with E-state index in [1.54, 1.807) is 18.2 Å². The Kier molecular flexibility index (Phi) is 5.78. The molecule has 0 amide bonds. The van der Waals surface area contributed by atoms with Gasteiger partial charge < -0.3 is 10.5 Å². The average Bonchev–Trinajstić information content (AvgIpc) is 2.43. The lowest BCUT2D eigenvalue weighted by atomic mass is 10.2. The smallest absolute Gasteiger partial charge is 0.246 e. The highest BCUT2D eigenvalue weighted by molar-refractivity contribution is 7.89. The van der Waals surface area contributed by atoms with Gasteiger partial charge in [0.05, 0.1) is 7.11 Å². The van der Waals surface area contributed by atoms with E-state index in [0.29, 0.717) is 25.4 Å². The van der Waals surface area contributed by atoms with Gasteiger partial charge in [-0.2, -0.15) is 4.31 Å². The van der Waals surface area contributed by atoms with Crippen LogP contribution >= 0.6 is 0 Å². The maximum Gasteiger partial charge on any atom is 0.246 e. The predicted octanol–water partition coefficient (Wildman–Crippen LogP) is 1.57. The highest BCUT2D eigenvalue weighted by Gasteiger charge is 2.26. The van der Waals surface area contributed by atoms with Crippen molar-refractivity contribution >= 4 is 10.0 Å². The van der Waals surface area contributed by atoms with E-state index in [1.165, 1.54) is 11.4 Å². The lowest BCUT2D eigenvalue weighted by Crippen LogP contribution is -2.32. The number of sulfonamides is 1. The molecule has 2 N–H and O–H groups in total. The van der Waals surface area contributed by atoms with Crippen molar-refractivity contribution in [2.45, 2.75) is 31.7 Å². The molecule has 0 unspecified atom stereocenters. The second kappa shape index (κ2) is 6.88. The fraction of sp³-hybridized carbons (Fsp3) is 0.538. The van der Waals surface area contributed by atoms with Crippen molar-refractivity contribution in [1.82, 2.24) is 4.31 Å². The van der Waals surface area contributed by atoms with Crippen LogP contribution in [0.25, 0.3) is 0 Å². The third kappa shape index (κ3) is 3.46. The summed E-state index contributed by atoms with van der Waals surface area (Å²) in [5, 5.41) is 0. The minimum absolute atomic E-state index is 0.188. The Morgan fingerprint density at radius 1 is 1.32 bits per heavy atom. The molecule has 19 heavy (non-hydrogen) atoms. The molecule has 0 fully saturated rings. The zero-order chi connectivity index (χ0) is 14.5. The van der Waals surface area contributed by atoms with Crippen LogP contribution in [0.3, 0.4) is 0 Å². The van der Waals surface area contributed by atoms with E-state index < -0.39 is 10.0 Å². The maximum atomic E-state index is 12.6. The molecule has 1 aromatic carbocycles. The minimum Gasteiger partial charge on any atom is -0.495 e. The van der Waals surface area contributed by atoms with Gasteiger partial charge in [-0.15, -0.1) is 0 Å². The molecule has 0 aromatic heterocycles. The maximum absolute atomic E-state index is 12.6. The van der Waals surface area contributed by atoms with Crippen molar-refractivity contribution in [2.75, 3.05) is 20.2 Å². The SMILES string of the molecule is CCCN(CC)S(=O)(=O)c1cc(CN)ccc1OC. The molecule has 0 aliphatic carbocycles. The van der Waals surface area contributed by atoms with Crippen LogP contribution in [-0.4, -0.2) is 32.9 Å². The molecule has 1 rings (SSSR count). The monoisotopic (exact) mass is 286 g/mol. The predicted molar refractivity (Wildman–Crippen MR) is 75.6 cm³/mol. The van der Waals surface area contributed by atoms with Gasteiger partial charge in [-0.05, 0) is 24.1 Å². The zero-order valence-electron chi connectivity index (χ0n) is 11.7.